The van der Waals surface area contributed by atoms with Crippen molar-refractivity contribution < 1.29 is 14.3 Å². The Morgan fingerprint density at radius 1 is 1.07 bits per heavy atom. The minimum absolute atomic E-state index is 0.390. The van der Waals surface area contributed by atoms with Crippen molar-refractivity contribution in [3.05, 3.63) is 89.5 Å². The highest BCUT2D eigenvalue weighted by Crippen LogP contribution is 2.42. The Morgan fingerprint density at radius 3 is 2.70 bits per heavy atom. The van der Waals surface area contributed by atoms with Crippen molar-refractivity contribution in [1.29, 1.82) is 0 Å². The van der Waals surface area contributed by atoms with Crippen LogP contribution in [-0.2, 0) is 22.7 Å². The van der Waals surface area contributed by atoms with E-state index in [1.165, 1.54) is 0 Å². The van der Waals surface area contributed by atoms with E-state index in [2.05, 4.69) is 10.2 Å². The molecule has 1 aliphatic heterocycles. The third-order valence-corrected chi connectivity index (χ3v) is 5.43. The van der Waals surface area contributed by atoms with Crippen LogP contribution < -0.4 is 9.64 Å². The number of Topliss-reactive ketones (excluding diaryl/α,β-unsaturated/α-hetero) is 1. The third-order valence-electron chi connectivity index (χ3n) is 5.43. The highest BCUT2D eigenvalue weighted by Gasteiger charge is 2.37. The normalized spacial score (nSPS) is 15.2. The summed E-state index contributed by atoms with van der Waals surface area (Å²) in [4.78, 5) is 25.8. The van der Waals surface area contributed by atoms with Crippen LogP contribution in [0.5, 0.6) is 5.75 Å². The first-order valence-electron chi connectivity index (χ1n) is 9.73. The number of aromatic amines is 1. The minimum atomic E-state index is -0.688. The number of carbonyl (C=O) groups excluding carboxylic acids is 2. The average molecular weight is 397 g/mol. The largest absolute Gasteiger partial charge is 0.488 e. The Morgan fingerprint density at radius 2 is 1.87 bits per heavy atom. The molecule has 1 atom stereocenters. The maximum atomic E-state index is 12.5. The highest BCUT2D eigenvalue weighted by molar-refractivity contribution is 6.28. The molecule has 1 aliphatic rings. The van der Waals surface area contributed by atoms with Gasteiger partial charge in [0.05, 0.1) is 10.9 Å². The molecular weight excluding hydrogens is 378 g/mol. The summed E-state index contributed by atoms with van der Waals surface area (Å²) in [5.41, 5.74) is 3.72. The second-order valence-electron chi connectivity index (χ2n) is 7.25. The van der Waals surface area contributed by atoms with Crippen LogP contribution in [0, 0.1) is 0 Å². The van der Waals surface area contributed by atoms with E-state index in [4.69, 9.17) is 4.74 Å². The number of carbonyl (C=O) groups is 2. The summed E-state index contributed by atoms with van der Waals surface area (Å²) in [5, 5.41) is 8.33. The number of ether oxygens (including phenoxy) is 1. The van der Waals surface area contributed by atoms with Crippen molar-refractivity contribution in [2.45, 2.75) is 19.2 Å². The number of H-pyrrole nitrogens is 1. The first kappa shape index (κ1) is 18.1. The van der Waals surface area contributed by atoms with Gasteiger partial charge in [0.15, 0.2) is 12.1 Å². The zero-order chi connectivity index (χ0) is 20.5. The summed E-state index contributed by atoms with van der Waals surface area (Å²) < 4.78 is 6.12. The van der Waals surface area contributed by atoms with Crippen LogP contribution in [0.3, 0.4) is 0 Å². The Labute approximate surface area is 173 Å². The molecule has 0 radical (unpaired) electrons. The monoisotopic (exact) mass is 397 g/mol. The lowest BCUT2D eigenvalue weighted by atomic mass is 10.0. The van der Waals surface area contributed by atoms with Crippen LogP contribution in [0.25, 0.3) is 10.9 Å². The number of aromatic nitrogens is 2. The topological polar surface area (TPSA) is 75.3 Å². The van der Waals surface area contributed by atoms with E-state index in [0.29, 0.717) is 31.0 Å². The summed E-state index contributed by atoms with van der Waals surface area (Å²) in [5.74, 6) is 0.789. The van der Waals surface area contributed by atoms with Gasteiger partial charge in [-0.25, -0.2) is 0 Å². The van der Waals surface area contributed by atoms with E-state index in [-0.39, 0.29) is 0 Å². The standard InChI is InChI=1S/C24H19N3O3/c28-14-20(29)23-18-10-5-4-9-17(18)13-27(23)24-22-19(25-26-24)11-6-12-21(22)30-15-16-7-2-1-3-8-16/h1-12,14,23H,13,15H2,(H,25,26). The molecule has 0 spiro atoms. The molecular formula is C24H19N3O3. The van der Waals surface area contributed by atoms with E-state index in [1.54, 1.807) is 0 Å². The van der Waals surface area contributed by atoms with Gasteiger partial charge in [0.25, 0.3) is 0 Å². The number of aldehydes is 1. The van der Waals surface area contributed by atoms with E-state index < -0.39 is 11.8 Å². The summed E-state index contributed by atoms with van der Waals surface area (Å²) in [6, 6.07) is 22.6. The molecule has 4 aromatic rings. The molecule has 0 aliphatic carbocycles. The lowest BCUT2D eigenvalue weighted by Gasteiger charge is -2.23. The van der Waals surface area contributed by atoms with Gasteiger partial charge in [-0.1, -0.05) is 60.7 Å². The lowest BCUT2D eigenvalue weighted by Crippen LogP contribution is -2.29. The molecule has 6 nitrogen and oxygen atoms in total. The fraction of sp³-hybridized carbons (Fsp3) is 0.125. The van der Waals surface area contributed by atoms with Crippen LogP contribution in [0.1, 0.15) is 22.7 Å². The fourth-order valence-corrected chi connectivity index (χ4v) is 4.04. The lowest BCUT2D eigenvalue weighted by molar-refractivity contribution is -0.130. The first-order valence-corrected chi connectivity index (χ1v) is 9.73. The Bertz CT molecular complexity index is 1230. The maximum Gasteiger partial charge on any atom is 0.222 e. The van der Waals surface area contributed by atoms with Crippen molar-refractivity contribution in [2.75, 3.05) is 4.90 Å². The van der Waals surface area contributed by atoms with Gasteiger partial charge in [-0.15, -0.1) is 0 Å². The van der Waals surface area contributed by atoms with Crippen molar-refractivity contribution in [2.24, 2.45) is 0 Å². The number of nitrogens with one attached hydrogen (secondary N) is 1. The van der Waals surface area contributed by atoms with Crippen LogP contribution in [0.15, 0.2) is 72.8 Å². The van der Waals surface area contributed by atoms with Gasteiger partial charge in [-0.3, -0.25) is 14.7 Å². The van der Waals surface area contributed by atoms with E-state index in [0.717, 1.165) is 27.6 Å². The van der Waals surface area contributed by atoms with Crippen molar-refractivity contribution in [3.63, 3.8) is 0 Å². The molecule has 0 bridgehead atoms. The molecule has 2 heterocycles. The Kier molecular flexibility index (Phi) is 4.52. The average Bonchev–Trinajstić information content (AvgIpc) is 3.39. The summed E-state index contributed by atoms with van der Waals surface area (Å²) in [6.07, 6.45) is 0.390. The molecule has 0 amide bonds. The molecule has 148 valence electrons. The number of ketones is 1. The highest BCUT2D eigenvalue weighted by atomic mass is 16.5. The van der Waals surface area contributed by atoms with Gasteiger partial charge >= 0.3 is 0 Å². The zero-order valence-corrected chi connectivity index (χ0v) is 16.1. The van der Waals surface area contributed by atoms with Gasteiger partial charge in [0, 0.05) is 6.54 Å². The van der Waals surface area contributed by atoms with Crippen molar-refractivity contribution in [1.82, 2.24) is 10.2 Å². The SMILES string of the molecule is O=CC(=O)C1c2ccccc2CN1c1n[nH]c2cccc(OCc3ccccc3)c12. The predicted octanol–water partition coefficient (Wildman–Crippen LogP) is 3.97. The first-order chi connectivity index (χ1) is 14.8. The van der Waals surface area contributed by atoms with Gasteiger partial charge in [-0.2, -0.15) is 5.10 Å². The van der Waals surface area contributed by atoms with Crippen LogP contribution in [0.4, 0.5) is 5.82 Å². The Balaban J connectivity index is 1.56. The third kappa shape index (κ3) is 3.03. The second kappa shape index (κ2) is 7.48. The van der Waals surface area contributed by atoms with Crippen LogP contribution in [0.2, 0.25) is 0 Å². The van der Waals surface area contributed by atoms with E-state index in [9.17, 15) is 9.59 Å². The molecule has 1 aromatic heterocycles. The molecule has 0 saturated carbocycles. The predicted molar refractivity (Wildman–Crippen MR) is 113 cm³/mol. The molecule has 1 N–H and O–H groups in total. The molecule has 5 rings (SSSR count). The van der Waals surface area contributed by atoms with Crippen LogP contribution >= 0.6 is 0 Å². The van der Waals surface area contributed by atoms with Gasteiger partial charge in [0.1, 0.15) is 18.4 Å². The van der Waals surface area contributed by atoms with E-state index in [1.807, 2.05) is 77.7 Å². The molecule has 1 unspecified atom stereocenters. The number of hydrogen-bond donors (Lipinski definition) is 1. The number of nitrogens with zero attached hydrogens (tertiary/aromatic N) is 2. The summed E-state index contributed by atoms with van der Waals surface area (Å²) in [7, 11) is 0. The number of anilines is 1. The molecule has 0 fully saturated rings. The van der Waals surface area contributed by atoms with Gasteiger partial charge in [0.2, 0.25) is 5.78 Å². The quantitative estimate of drug-likeness (QED) is 0.394. The number of hydrogen-bond acceptors (Lipinski definition) is 5. The fourth-order valence-electron chi connectivity index (χ4n) is 4.04. The maximum absolute atomic E-state index is 12.5. The van der Waals surface area contributed by atoms with E-state index >= 15 is 0 Å². The molecule has 3 aromatic carbocycles. The summed E-state index contributed by atoms with van der Waals surface area (Å²) in [6.45, 7) is 0.912. The molecule has 30 heavy (non-hydrogen) atoms. The van der Waals surface area contributed by atoms with Crippen molar-refractivity contribution in [3.8, 4) is 5.75 Å². The van der Waals surface area contributed by atoms with Gasteiger partial charge in [-0.05, 0) is 28.8 Å². The second-order valence-corrected chi connectivity index (χ2v) is 7.25. The molecule has 6 heteroatoms. The summed E-state index contributed by atoms with van der Waals surface area (Å²) >= 11 is 0. The van der Waals surface area contributed by atoms with Gasteiger partial charge < -0.3 is 9.64 Å². The Hall–Kier alpha value is -3.93. The molecule has 0 saturated heterocycles. The van der Waals surface area contributed by atoms with Crippen LogP contribution in [-0.4, -0.2) is 22.3 Å². The van der Waals surface area contributed by atoms with Crippen molar-refractivity contribution >= 4 is 28.8 Å². The number of fused-ring (bicyclic) bond motifs is 2. The number of rotatable bonds is 6. The smallest absolute Gasteiger partial charge is 0.222 e. The zero-order valence-electron chi connectivity index (χ0n) is 16.1. The number of benzene rings is 3. The minimum Gasteiger partial charge on any atom is -0.488 e.